The second-order valence-electron chi connectivity index (χ2n) is 6.85. The number of carbonyl (C=O) groups is 1. The topological polar surface area (TPSA) is 55.1 Å². The van der Waals surface area contributed by atoms with Gasteiger partial charge in [0.05, 0.1) is 5.75 Å². The molecule has 116 valence electrons. The Kier molecular flexibility index (Phi) is 4.29. The van der Waals surface area contributed by atoms with E-state index in [1.54, 1.807) is 0 Å². The van der Waals surface area contributed by atoms with E-state index in [0.717, 1.165) is 29.5 Å². The average molecular weight is 308 g/mol. The van der Waals surface area contributed by atoms with Gasteiger partial charge in [-0.15, -0.1) is 0 Å². The third-order valence-corrected chi connectivity index (χ3v) is 6.04. The molecule has 2 saturated carbocycles. The number of fused-ring (bicyclic) bond motifs is 2. The minimum atomic E-state index is -0.777. The van der Waals surface area contributed by atoms with Crippen LogP contribution in [0.4, 0.5) is 0 Å². The Bertz CT molecular complexity index is 526. The van der Waals surface area contributed by atoms with E-state index in [1.807, 2.05) is 6.20 Å². The smallest absolute Gasteiger partial charge is 0.313 e. The highest BCUT2D eigenvalue weighted by Gasteiger charge is 2.39. The molecular formula is C16H24N2O2S. The number of aliphatic carboxylic acids is 1. The van der Waals surface area contributed by atoms with E-state index in [9.17, 15) is 4.79 Å². The van der Waals surface area contributed by atoms with Gasteiger partial charge in [-0.25, -0.2) is 4.98 Å². The van der Waals surface area contributed by atoms with E-state index in [2.05, 4.69) is 23.4 Å². The summed E-state index contributed by atoms with van der Waals surface area (Å²) in [7, 11) is 0. The van der Waals surface area contributed by atoms with Gasteiger partial charge in [-0.2, -0.15) is 0 Å². The molecule has 21 heavy (non-hydrogen) atoms. The Morgan fingerprint density at radius 2 is 2.29 bits per heavy atom. The van der Waals surface area contributed by atoms with Crippen LogP contribution < -0.4 is 0 Å². The van der Waals surface area contributed by atoms with Crippen LogP contribution in [0.25, 0.3) is 0 Å². The normalized spacial score (nSPS) is 27.7. The third kappa shape index (κ3) is 3.12. The maximum absolute atomic E-state index is 10.8. The van der Waals surface area contributed by atoms with Crippen LogP contribution in [-0.2, 0) is 11.3 Å². The molecule has 0 saturated heterocycles. The summed E-state index contributed by atoms with van der Waals surface area (Å²) in [6.07, 6.45) is 7.50. The van der Waals surface area contributed by atoms with Crippen LogP contribution in [0, 0.1) is 17.8 Å². The zero-order valence-electron chi connectivity index (χ0n) is 12.8. The lowest BCUT2D eigenvalue weighted by Gasteiger charge is -2.24. The number of hydrogen-bond donors (Lipinski definition) is 1. The first kappa shape index (κ1) is 14.9. The van der Waals surface area contributed by atoms with Crippen molar-refractivity contribution in [2.24, 2.45) is 17.8 Å². The first-order valence-corrected chi connectivity index (χ1v) is 8.93. The van der Waals surface area contributed by atoms with E-state index in [1.165, 1.54) is 43.1 Å². The number of nitrogens with zero attached hydrogens (tertiary/aromatic N) is 2. The molecule has 0 spiro atoms. The second kappa shape index (κ2) is 6.03. The van der Waals surface area contributed by atoms with Gasteiger partial charge in [-0.3, -0.25) is 4.79 Å². The Morgan fingerprint density at radius 1 is 1.48 bits per heavy atom. The maximum atomic E-state index is 10.8. The fraction of sp³-hybridized carbons (Fsp3) is 0.750. The first-order chi connectivity index (χ1) is 10.0. The monoisotopic (exact) mass is 308 g/mol. The average Bonchev–Trinajstić information content (AvgIpc) is 3.11. The molecule has 3 atom stereocenters. The van der Waals surface area contributed by atoms with Gasteiger partial charge >= 0.3 is 5.97 Å². The summed E-state index contributed by atoms with van der Waals surface area (Å²) in [4.78, 5) is 15.3. The molecular weight excluding hydrogens is 284 g/mol. The van der Waals surface area contributed by atoms with Crippen LogP contribution in [0.2, 0.25) is 0 Å². The number of imidazole rings is 1. The molecule has 0 aliphatic heterocycles. The van der Waals surface area contributed by atoms with Crippen molar-refractivity contribution in [1.29, 1.82) is 0 Å². The molecule has 2 fully saturated rings. The summed E-state index contributed by atoms with van der Waals surface area (Å²) >= 11 is 1.35. The molecule has 3 unspecified atom stereocenters. The molecule has 2 bridgehead atoms. The van der Waals surface area contributed by atoms with Crippen molar-refractivity contribution in [1.82, 2.24) is 9.55 Å². The summed E-state index contributed by atoms with van der Waals surface area (Å²) in [5.41, 5.74) is 1.24. The standard InChI is InChI=1S/C16H24N2O2S/c1-10(2)14-7-17-16(21-9-15(19)20)18(14)8-13-6-11-3-4-12(13)5-11/h7,10-13H,3-6,8-9H2,1-2H3,(H,19,20). The summed E-state index contributed by atoms with van der Waals surface area (Å²) in [6, 6.07) is 0. The number of carboxylic acid groups (broad SMARTS) is 1. The second-order valence-corrected chi connectivity index (χ2v) is 7.79. The van der Waals surface area contributed by atoms with Crippen LogP contribution in [-0.4, -0.2) is 26.4 Å². The Balaban J connectivity index is 1.77. The van der Waals surface area contributed by atoms with E-state index >= 15 is 0 Å². The van der Waals surface area contributed by atoms with Gasteiger partial charge in [0, 0.05) is 18.4 Å². The van der Waals surface area contributed by atoms with Crippen molar-refractivity contribution < 1.29 is 9.90 Å². The number of aromatic nitrogens is 2. The van der Waals surface area contributed by atoms with Crippen LogP contribution in [0.15, 0.2) is 11.4 Å². The third-order valence-electron chi connectivity index (χ3n) is 5.07. The van der Waals surface area contributed by atoms with Gasteiger partial charge in [-0.1, -0.05) is 32.0 Å². The fourth-order valence-electron chi connectivity index (χ4n) is 4.09. The van der Waals surface area contributed by atoms with Gasteiger partial charge in [-0.05, 0) is 42.9 Å². The number of thioether (sulfide) groups is 1. The Labute approximate surface area is 130 Å². The molecule has 0 radical (unpaired) electrons. The molecule has 1 N–H and O–H groups in total. The zero-order valence-corrected chi connectivity index (χ0v) is 13.6. The Morgan fingerprint density at radius 3 is 2.86 bits per heavy atom. The van der Waals surface area contributed by atoms with Gasteiger partial charge in [0.2, 0.25) is 0 Å². The molecule has 4 nitrogen and oxygen atoms in total. The summed E-state index contributed by atoms with van der Waals surface area (Å²) in [5, 5.41) is 9.77. The van der Waals surface area contributed by atoms with Crippen molar-refractivity contribution in [2.75, 3.05) is 5.75 Å². The van der Waals surface area contributed by atoms with Gasteiger partial charge in [0.1, 0.15) is 0 Å². The summed E-state index contributed by atoms with van der Waals surface area (Å²) < 4.78 is 2.30. The van der Waals surface area contributed by atoms with Crippen molar-refractivity contribution in [3.63, 3.8) is 0 Å². The van der Waals surface area contributed by atoms with E-state index in [-0.39, 0.29) is 5.75 Å². The predicted molar refractivity (Wildman–Crippen MR) is 83.6 cm³/mol. The molecule has 0 amide bonds. The van der Waals surface area contributed by atoms with Gasteiger partial charge < -0.3 is 9.67 Å². The Hall–Kier alpha value is -0.970. The van der Waals surface area contributed by atoms with E-state index in [0.29, 0.717) is 5.92 Å². The van der Waals surface area contributed by atoms with Crippen molar-refractivity contribution >= 4 is 17.7 Å². The lowest BCUT2D eigenvalue weighted by molar-refractivity contribution is -0.133. The molecule has 1 heterocycles. The lowest BCUT2D eigenvalue weighted by Crippen LogP contribution is -2.19. The van der Waals surface area contributed by atoms with Crippen LogP contribution in [0.3, 0.4) is 0 Å². The number of rotatable bonds is 6. The number of hydrogen-bond acceptors (Lipinski definition) is 3. The lowest BCUT2D eigenvalue weighted by atomic mass is 9.88. The van der Waals surface area contributed by atoms with E-state index < -0.39 is 5.97 Å². The number of carboxylic acids is 1. The predicted octanol–water partition coefficient (Wildman–Crippen LogP) is 3.62. The zero-order chi connectivity index (χ0) is 15.0. The van der Waals surface area contributed by atoms with Crippen LogP contribution in [0.1, 0.15) is 51.1 Å². The minimum Gasteiger partial charge on any atom is -0.481 e. The van der Waals surface area contributed by atoms with Gasteiger partial charge in [0.15, 0.2) is 5.16 Å². The molecule has 1 aromatic rings. The summed E-state index contributed by atoms with van der Waals surface area (Å²) in [5.74, 6) is 2.33. The van der Waals surface area contributed by atoms with E-state index in [4.69, 9.17) is 5.11 Å². The molecule has 5 heteroatoms. The largest absolute Gasteiger partial charge is 0.481 e. The van der Waals surface area contributed by atoms with Crippen molar-refractivity contribution in [3.05, 3.63) is 11.9 Å². The van der Waals surface area contributed by atoms with Crippen molar-refractivity contribution in [2.45, 2.75) is 57.1 Å². The highest BCUT2D eigenvalue weighted by atomic mass is 32.2. The molecule has 2 aliphatic carbocycles. The van der Waals surface area contributed by atoms with Crippen LogP contribution >= 0.6 is 11.8 Å². The highest BCUT2D eigenvalue weighted by Crippen LogP contribution is 2.49. The highest BCUT2D eigenvalue weighted by molar-refractivity contribution is 7.99. The van der Waals surface area contributed by atoms with Crippen molar-refractivity contribution in [3.8, 4) is 0 Å². The quantitative estimate of drug-likeness (QED) is 0.816. The summed E-state index contributed by atoms with van der Waals surface area (Å²) in [6.45, 7) is 5.39. The van der Waals surface area contributed by atoms with Gasteiger partial charge in [0.25, 0.3) is 0 Å². The fourth-order valence-corrected chi connectivity index (χ4v) is 4.81. The van der Waals surface area contributed by atoms with Crippen LogP contribution in [0.5, 0.6) is 0 Å². The first-order valence-electron chi connectivity index (χ1n) is 7.94. The maximum Gasteiger partial charge on any atom is 0.313 e. The molecule has 2 aliphatic rings. The molecule has 1 aromatic heterocycles. The molecule has 3 rings (SSSR count). The SMILES string of the molecule is CC(C)c1cnc(SCC(=O)O)n1CC1CC2CCC1C2. The molecule has 0 aromatic carbocycles. The minimum absolute atomic E-state index is 0.0886.